The van der Waals surface area contributed by atoms with Crippen molar-refractivity contribution >= 4 is 104 Å². The van der Waals surface area contributed by atoms with Crippen LogP contribution in [0, 0.1) is 0 Å². The molecule has 0 saturated heterocycles. The van der Waals surface area contributed by atoms with E-state index in [2.05, 4.69) is 0 Å². The summed E-state index contributed by atoms with van der Waals surface area (Å²) in [6.07, 6.45) is 0. The molecule has 1 radical (unpaired) electrons. The second-order valence-electron chi connectivity index (χ2n) is 0. The van der Waals surface area contributed by atoms with Gasteiger partial charge in [-0.25, -0.2) is 0 Å². The van der Waals surface area contributed by atoms with Crippen molar-refractivity contribution < 1.29 is 19.5 Å². The molecule has 8 heavy (non-hydrogen) atoms. The Morgan fingerprint density at radius 2 is 0.375 bits per heavy atom. The van der Waals surface area contributed by atoms with E-state index in [4.69, 9.17) is 0 Å². The van der Waals surface area contributed by atoms with Crippen LogP contribution in [0.2, 0.25) is 0 Å². The summed E-state index contributed by atoms with van der Waals surface area (Å²) in [5.41, 5.74) is 0. The summed E-state index contributed by atoms with van der Waals surface area (Å²) in [6.45, 7) is 0. The summed E-state index contributed by atoms with van der Waals surface area (Å²) >= 11 is 0. The van der Waals surface area contributed by atoms with Gasteiger partial charge in [-0.3, -0.25) is 0 Å². The SMILES string of the molecule is Cl.Cl.Cl.Cl.Cl.Cl.[NaH].[Rh]. The first-order valence-corrected chi connectivity index (χ1v) is 0. The molecule has 0 amide bonds. The van der Waals surface area contributed by atoms with Crippen molar-refractivity contribution in [3.8, 4) is 0 Å². The van der Waals surface area contributed by atoms with Crippen molar-refractivity contribution in [2.75, 3.05) is 0 Å². The Kier molecular flexibility index (Phi) is 1080. The fourth-order valence-electron chi connectivity index (χ4n) is 0. The molecule has 0 aliphatic rings. The molecule has 0 bridgehead atoms. The van der Waals surface area contributed by atoms with Crippen LogP contribution in [0.15, 0.2) is 0 Å². The molecule has 0 aromatic heterocycles. The van der Waals surface area contributed by atoms with Gasteiger partial charge in [-0.05, 0) is 0 Å². The summed E-state index contributed by atoms with van der Waals surface area (Å²) in [5.74, 6) is 0. The van der Waals surface area contributed by atoms with E-state index in [1.54, 1.807) is 0 Å². The predicted molar refractivity (Wildman–Crippen MR) is 50.6 cm³/mol. The van der Waals surface area contributed by atoms with Crippen LogP contribution in [-0.4, -0.2) is 29.6 Å². The molecule has 8 heteroatoms. The standard InChI is InChI=1S/6ClH.Na.Rh.H/h6*1H;;;. The van der Waals surface area contributed by atoms with E-state index in [9.17, 15) is 0 Å². The summed E-state index contributed by atoms with van der Waals surface area (Å²) in [7, 11) is 0. The number of rotatable bonds is 0. The minimum Gasteiger partial charge on any atom is 0 e. The molecule has 0 saturated carbocycles. The molecular weight excluding hydrogens is 339 g/mol. The van der Waals surface area contributed by atoms with Crippen LogP contribution in [0.5, 0.6) is 0 Å². The molecule has 0 heterocycles. The minimum atomic E-state index is 0. The monoisotopic (exact) mass is 343 g/mol. The van der Waals surface area contributed by atoms with Gasteiger partial charge in [-0.1, -0.05) is 0 Å². The molecule has 0 N–H and O–H groups in total. The fraction of sp³-hybridized carbons (Fsp3) is 0. The molecule has 0 aromatic carbocycles. The predicted octanol–water partition coefficient (Wildman–Crippen LogP) is 1.88. The fourth-order valence-corrected chi connectivity index (χ4v) is 0. The van der Waals surface area contributed by atoms with E-state index in [-0.39, 0.29) is 123 Å². The Labute approximate surface area is 122 Å². The largest absolute Gasteiger partial charge is 0 e. The number of hydrogen-bond donors (Lipinski definition) is 0. The maximum absolute atomic E-state index is 0. The van der Waals surface area contributed by atoms with Crippen LogP contribution in [-0.2, 0) is 19.5 Å². The molecular formula is H7Cl6NaRh. The van der Waals surface area contributed by atoms with Gasteiger partial charge in [0.25, 0.3) is 0 Å². The minimum absolute atomic E-state index is 0. The molecule has 0 fully saturated rings. The maximum atomic E-state index is 0. The Morgan fingerprint density at radius 1 is 0.375 bits per heavy atom. The first kappa shape index (κ1) is 108. The van der Waals surface area contributed by atoms with Gasteiger partial charge in [-0.2, -0.15) is 0 Å². The second-order valence-corrected chi connectivity index (χ2v) is 0. The van der Waals surface area contributed by atoms with E-state index in [0.29, 0.717) is 0 Å². The summed E-state index contributed by atoms with van der Waals surface area (Å²) in [5, 5.41) is 0. The number of hydrogen-bond acceptors (Lipinski definition) is 0. The zero-order valence-electron chi connectivity index (χ0n) is 2.78. The Hall–Kier alpha value is 3.36. The van der Waals surface area contributed by atoms with Gasteiger partial charge >= 0.3 is 29.6 Å². The summed E-state index contributed by atoms with van der Waals surface area (Å²) in [6, 6.07) is 0. The van der Waals surface area contributed by atoms with Crippen molar-refractivity contribution in [2.24, 2.45) is 0 Å². The maximum Gasteiger partial charge on any atom is 0 e. The topological polar surface area (TPSA) is 0 Å². The third-order valence-corrected chi connectivity index (χ3v) is 0. The van der Waals surface area contributed by atoms with E-state index in [1.165, 1.54) is 0 Å². The average molecular weight is 346 g/mol. The molecule has 0 aliphatic heterocycles. The van der Waals surface area contributed by atoms with Crippen molar-refractivity contribution in [3.63, 3.8) is 0 Å². The zero-order chi connectivity index (χ0) is 0. The van der Waals surface area contributed by atoms with Gasteiger partial charge in [0.2, 0.25) is 0 Å². The van der Waals surface area contributed by atoms with Gasteiger partial charge in [0.15, 0.2) is 0 Å². The van der Waals surface area contributed by atoms with Crippen LogP contribution in [0.4, 0.5) is 0 Å². The second kappa shape index (κ2) is 80.3. The molecule has 0 aliphatic carbocycles. The molecule has 0 atom stereocenters. The van der Waals surface area contributed by atoms with Crippen LogP contribution >= 0.6 is 74.4 Å². The van der Waals surface area contributed by atoms with Gasteiger partial charge in [0.05, 0.1) is 0 Å². The van der Waals surface area contributed by atoms with Gasteiger partial charge in [0, 0.05) is 19.5 Å². The first-order chi connectivity index (χ1) is 0. The van der Waals surface area contributed by atoms with E-state index in [1.807, 2.05) is 0 Å². The van der Waals surface area contributed by atoms with Gasteiger partial charge < -0.3 is 0 Å². The first-order valence-electron chi connectivity index (χ1n) is 0. The molecule has 59 valence electrons. The Bertz CT molecular complexity index is 8.49. The normalized spacial score (nSPS) is 0. The molecule has 0 nitrogen and oxygen atoms in total. The van der Waals surface area contributed by atoms with Crippen LogP contribution in [0.1, 0.15) is 0 Å². The van der Waals surface area contributed by atoms with Crippen molar-refractivity contribution in [1.29, 1.82) is 0 Å². The molecule has 0 aromatic rings. The van der Waals surface area contributed by atoms with Crippen molar-refractivity contribution in [2.45, 2.75) is 0 Å². The van der Waals surface area contributed by atoms with E-state index in [0.717, 1.165) is 0 Å². The quantitative estimate of drug-likeness (QED) is 0.588. The summed E-state index contributed by atoms with van der Waals surface area (Å²) < 4.78 is 0. The molecule has 0 rings (SSSR count). The van der Waals surface area contributed by atoms with Gasteiger partial charge in [0.1, 0.15) is 0 Å². The summed E-state index contributed by atoms with van der Waals surface area (Å²) in [4.78, 5) is 0. The Morgan fingerprint density at radius 3 is 0.375 bits per heavy atom. The number of halogens is 6. The third kappa shape index (κ3) is 57.9. The molecule has 0 spiro atoms. The Balaban J connectivity index is 0. The van der Waals surface area contributed by atoms with E-state index >= 15 is 0 Å². The van der Waals surface area contributed by atoms with Crippen LogP contribution in [0.25, 0.3) is 0 Å². The van der Waals surface area contributed by atoms with Crippen LogP contribution < -0.4 is 0 Å². The van der Waals surface area contributed by atoms with E-state index < -0.39 is 0 Å². The molecule has 0 unspecified atom stereocenters. The van der Waals surface area contributed by atoms with Gasteiger partial charge in [-0.15, -0.1) is 74.4 Å². The average Bonchev–Trinajstić information content (AvgIpc) is 0. The smallest absolute Gasteiger partial charge is 0 e. The van der Waals surface area contributed by atoms with Crippen molar-refractivity contribution in [1.82, 2.24) is 0 Å². The van der Waals surface area contributed by atoms with Crippen molar-refractivity contribution in [3.05, 3.63) is 0 Å². The zero-order valence-corrected chi connectivity index (χ0v) is 9.32. The van der Waals surface area contributed by atoms with Crippen LogP contribution in [0.3, 0.4) is 0 Å². The third-order valence-electron chi connectivity index (χ3n) is 0.